The monoisotopic (exact) mass is 324 g/mol. The minimum absolute atomic E-state index is 0.194. The van der Waals surface area contributed by atoms with Gasteiger partial charge in [-0.05, 0) is 6.07 Å². The highest BCUT2D eigenvalue weighted by atomic mass is 16.5. The Bertz CT molecular complexity index is 517. The van der Waals surface area contributed by atoms with E-state index >= 15 is 0 Å². The maximum atomic E-state index is 11.0. The molecular formula is C16H24N2O5. The molecule has 128 valence electrons. The van der Waals surface area contributed by atoms with Crippen molar-refractivity contribution < 1.29 is 24.1 Å². The summed E-state index contributed by atoms with van der Waals surface area (Å²) in [6.45, 7) is 4.56. The fourth-order valence-corrected chi connectivity index (χ4v) is 2.47. The maximum Gasteiger partial charge on any atom is 0.320 e. The molecule has 1 aliphatic heterocycles. The van der Waals surface area contributed by atoms with Crippen molar-refractivity contribution >= 4 is 5.97 Å². The molecule has 7 heteroatoms. The zero-order valence-electron chi connectivity index (χ0n) is 13.4. The molecule has 0 aliphatic carbocycles. The molecule has 1 fully saturated rings. The third-order valence-corrected chi connectivity index (χ3v) is 3.80. The summed E-state index contributed by atoms with van der Waals surface area (Å²) in [5.74, 6) is 0.120. The van der Waals surface area contributed by atoms with Gasteiger partial charge in [0.15, 0.2) is 11.5 Å². The van der Waals surface area contributed by atoms with Crippen molar-refractivity contribution in [3.05, 3.63) is 23.8 Å². The van der Waals surface area contributed by atoms with E-state index in [0.29, 0.717) is 18.1 Å². The van der Waals surface area contributed by atoms with Crippen molar-refractivity contribution in [2.45, 2.75) is 12.5 Å². The third kappa shape index (κ3) is 5.09. The van der Waals surface area contributed by atoms with Crippen LogP contribution in [0, 0.1) is 0 Å². The zero-order chi connectivity index (χ0) is 16.7. The molecule has 0 saturated carbocycles. The molecule has 1 heterocycles. The number of carbonyl (C=O) groups is 1. The number of hydrogen-bond acceptors (Lipinski definition) is 6. The second-order valence-corrected chi connectivity index (χ2v) is 5.40. The summed E-state index contributed by atoms with van der Waals surface area (Å²) in [6, 6.07) is 4.44. The number of aliphatic carboxylic acids is 1. The van der Waals surface area contributed by atoms with E-state index in [9.17, 15) is 4.79 Å². The zero-order valence-corrected chi connectivity index (χ0v) is 13.4. The first-order valence-corrected chi connectivity index (χ1v) is 7.69. The van der Waals surface area contributed by atoms with E-state index in [1.807, 2.05) is 6.07 Å². The van der Waals surface area contributed by atoms with Crippen LogP contribution in [0.4, 0.5) is 0 Å². The number of ether oxygens (including phenoxy) is 3. The van der Waals surface area contributed by atoms with Crippen LogP contribution in [0.1, 0.15) is 5.56 Å². The van der Waals surface area contributed by atoms with Gasteiger partial charge >= 0.3 is 5.97 Å². The molecule has 1 saturated heterocycles. The molecular weight excluding hydrogens is 300 g/mol. The van der Waals surface area contributed by atoms with Crippen LogP contribution in [0.3, 0.4) is 0 Å². The van der Waals surface area contributed by atoms with Gasteiger partial charge in [0.25, 0.3) is 0 Å². The van der Waals surface area contributed by atoms with Crippen LogP contribution >= 0.6 is 0 Å². The van der Waals surface area contributed by atoms with Crippen molar-refractivity contribution in [1.82, 2.24) is 4.90 Å². The number of nitrogens with zero attached hydrogens (tertiary/aromatic N) is 1. The summed E-state index contributed by atoms with van der Waals surface area (Å²) < 4.78 is 16.5. The molecule has 1 unspecified atom stereocenters. The molecule has 23 heavy (non-hydrogen) atoms. The average molecular weight is 324 g/mol. The van der Waals surface area contributed by atoms with Crippen LogP contribution in [0.2, 0.25) is 0 Å². The van der Waals surface area contributed by atoms with Gasteiger partial charge in [-0.25, -0.2) is 0 Å². The van der Waals surface area contributed by atoms with Crippen LogP contribution in [0.5, 0.6) is 11.5 Å². The second kappa shape index (κ2) is 8.71. The standard InChI is InChI=1S/C16H24N2O5/c1-21-14-4-2-3-12(11-13(17)16(19)20)15(14)23-10-7-18-5-8-22-9-6-18/h2-4,13H,5-11,17H2,1H3,(H,19,20). The van der Waals surface area contributed by atoms with E-state index in [1.54, 1.807) is 19.2 Å². The van der Waals surface area contributed by atoms with Crippen LogP contribution in [0.15, 0.2) is 18.2 Å². The first kappa shape index (κ1) is 17.5. The molecule has 1 aromatic carbocycles. The van der Waals surface area contributed by atoms with Gasteiger partial charge in [0, 0.05) is 31.6 Å². The number of morpholine rings is 1. The lowest BCUT2D eigenvalue weighted by Crippen LogP contribution is -2.38. The molecule has 1 atom stereocenters. The molecule has 2 rings (SSSR count). The van der Waals surface area contributed by atoms with Gasteiger partial charge in [-0.15, -0.1) is 0 Å². The van der Waals surface area contributed by atoms with Crippen LogP contribution in [0.25, 0.3) is 0 Å². The lowest BCUT2D eigenvalue weighted by atomic mass is 10.0. The van der Waals surface area contributed by atoms with Gasteiger partial charge in [-0.1, -0.05) is 12.1 Å². The van der Waals surface area contributed by atoms with E-state index in [2.05, 4.69) is 4.90 Å². The van der Waals surface area contributed by atoms with E-state index in [1.165, 1.54) is 0 Å². The summed E-state index contributed by atoms with van der Waals surface area (Å²) in [6.07, 6.45) is 0.194. The number of carboxylic acids is 1. The van der Waals surface area contributed by atoms with Crippen molar-refractivity contribution in [1.29, 1.82) is 0 Å². The first-order chi connectivity index (χ1) is 11.1. The molecule has 3 N–H and O–H groups in total. The molecule has 0 amide bonds. The number of carboxylic acid groups (broad SMARTS) is 1. The summed E-state index contributed by atoms with van der Waals surface area (Å²) in [5, 5.41) is 8.99. The van der Waals surface area contributed by atoms with Gasteiger partial charge in [0.2, 0.25) is 0 Å². The summed E-state index contributed by atoms with van der Waals surface area (Å²) in [5.41, 5.74) is 6.37. The minimum Gasteiger partial charge on any atom is -0.493 e. The van der Waals surface area contributed by atoms with E-state index in [0.717, 1.165) is 38.4 Å². The van der Waals surface area contributed by atoms with Crippen molar-refractivity contribution in [2.75, 3.05) is 46.6 Å². The van der Waals surface area contributed by atoms with Crippen LogP contribution in [-0.2, 0) is 16.0 Å². The Morgan fingerprint density at radius 3 is 2.83 bits per heavy atom. The number of para-hydroxylation sites is 1. The SMILES string of the molecule is COc1cccc(CC(N)C(=O)O)c1OCCN1CCOCC1. The Hall–Kier alpha value is -1.83. The van der Waals surface area contributed by atoms with Gasteiger partial charge in [-0.2, -0.15) is 0 Å². The lowest BCUT2D eigenvalue weighted by molar-refractivity contribution is -0.138. The number of benzene rings is 1. The maximum absolute atomic E-state index is 11.0. The van der Waals surface area contributed by atoms with E-state index in [-0.39, 0.29) is 6.42 Å². The Kier molecular flexibility index (Phi) is 6.64. The van der Waals surface area contributed by atoms with E-state index in [4.69, 9.17) is 25.1 Å². The lowest BCUT2D eigenvalue weighted by Gasteiger charge is -2.26. The largest absolute Gasteiger partial charge is 0.493 e. The third-order valence-electron chi connectivity index (χ3n) is 3.80. The summed E-state index contributed by atoms with van der Waals surface area (Å²) in [4.78, 5) is 13.2. The van der Waals surface area contributed by atoms with Crippen LogP contribution < -0.4 is 15.2 Å². The highest BCUT2D eigenvalue weighted by Gasteiger charge is 2.18. The van der Waals surface area contributed by atoms with Gasteiger partial charge in [0.05, 0.1) is 20.3 Å². The number of methoxy groups -OCH3 is 1. The van der Waals surface area contributed by atoms with Crippen molar-refractivity contribution in [3.8, 4) is 11.5 Å². The fraction of sp³-hybridized carbons (Fsp3) is 0.562. The fourth-order valence-electron chi connectivity index (χ4n) is 2.47. The number of rotatable bonds is 8. The molecule has 0 aromatic heterocycles. The van der Waals surface area contributed by atoms with Crippen molar-refractivity contribution in [3.63, 3.8) is 0 Å². The quantitative estimate of drug-likeness (QED) is 0.713. The molecule has 1 aromatic rings. The molecule has 0 bridgehead atoms. The smallest absolute Gasteiger partial charge is 0.320 e. The van der Waals surface area contributed by atoms with E-state index < -0.39 is 12.0 Å². The Morgan fingerprint density at radius 1 is 1.43 bits per heavy atom. The number of hydrogen-bond donors (Lipinski definition) is 2. The predicted molar refractivity (Wildman–Crippen MR) is 85.1 cm³/mol. The number of nitrogens with two attached hydrogens (primary N) is 1. The van der Waals surface area contributed by atoms with Crippen LogP contribution in [-0.4, -0.2) is 68.6 Å². The van der Waals surface area contributed by atoms with Crippen molar-refractivity contribution in [2.24, 2.45) is 5.73 Å². The topological polar surface area (TPSA) is 94.2 Å². The first-order valence-electron chi connectivity index (χ1n) is 7.69. The molecule has 1 aliphatic rings. The van der Waals surface area contributed by atoms with Gasteiger partial charge < -0.3 is 25.1 Å². The summed E-state index contributed by atoms with van der Waals surface area (Å²) in [7, 11) is 1.56. The summed E-state index contributed by atoms with van der Waals surface area (Å²) >= 11 is 0. The Balaban J connectivity index is 2.00. The molecule has 7 nitrogen and oxygen atoms in total. The molecule has 0 spiro atoms. The van der Waals surface area contributed by atoms with Gasteiger partial charge in [0.1, 0.15) is 12.6 Å². The minimum atomic E-state index is -1.04. The van der Waals surface area contributed by atoms with Gasteiger partial charge in [-0.3, -0.25) is 9.69 Å². The Labute approximate surface area is 135 Å². The Morgan fingerprint density at radius 2 is 2.17 bits per heavy atom. The highest BCUT2D eigenvalue weighted by molar-refractivity contribution is 5.73. The average Bonchev–Trinajstić information content (AvgIpc) is 2.56. The normalized spacial score (nSPS) is 16.8. The highest BCUT2D eigenvalue weighted by Crippen LogP contribution is 2.31. The molecule has 0 radical (unpaired) electrons. The second-order valence-electron chi connectivity index (χ2n) is 5.40. The predicted octanol–water partition coefficient (Wildman–Crippen LogP) is 0.361.